The third-order valence-electron chi connectivity index (χ3n) is 2.92. The smallest absolute Gasteiger partial charge is 0.0743 e. The van der Waals surface area contributed by atoms with Crippen LogP contribution in [-0.4, -0.2) is 27.5 Å². The first kappa shape index (κ1) is 14.1. The highest BCUT2D eigenvalue weighted by Crippen LogP contribution is 2.12. The first-order valence-corrected chi connectivity index (χ1v) is 6.50. The third kappa shape index (κ3) is 4.79. The van der Waals surface area contributed by atoms with Gasteiger partial charge >= 0.3 is 0 Å². The van der Waals surface area contributed by atoms with Crippen molar-refractivity contribution in [3.05, 3.63) is 30.1 Å². The fourth-order valence-corrected chi connectivity index (χ4v) is 2.16. The zero-order chi connectivity index (χ0) is 12.7. The van der Waals surface area contributed by atoms with E-state index in [1.54, 1.807) is 0 Å². The van der Waals surface area contributed by atoms with Gasteiger partial charge in [-0.3, -0.25) is 9.88 Å². The van der Waals surface area contributed by atoms with Crippen molar-refractivity contribution in [1.29, 1.82) is 0 Å². The maximum Gasteiger partial charge on any atom is 0.0743 e. The zero-order valence-corrected chi connectivity index (χ0v) is 11.4. The van der Waals surface area contributed by atoms with E-state index in [1.807, 2.05) is 18.3 Å². The average molecular weight is 251 g/mol. The largest absolute Gasteiger partial charge is 0.393 e. The summed E-state index contributed by atoms with van der Waals surface area (Å²) >= 11 is 5.01. The molecule has 1 aromatic heterocycles. The number of hydrogen-bond donors (Lipinski definition) is 1. The molecule has 3 nitrogen and oxygen atoms in total. The molecule has 0 spiro atoms. The lowest BCUT2D eigenvalue weighted by atomic mass is 10.1. The minimum absolute atomic E-state index is 0.416. The fraction of sp³-hybridized carbons (Fsp3) is 0.538. The number of hydrogen-bond acceptors (Lipinski definition) is 3. The topological polar surface area (TPSA) is 42.1 Å². The third-order valence-corrected chi connectivity index (χ3v) is 3.09. The lowest BCUT2D eigenvalue weighted by Gasteiger charge is -2.29. The molecule has 1 aromatic rings. The maximum absolute atomic E-state index is 5.64. The summed E-state index contributed by atoms with van der Waals surface area (Å²) in [5.41, 5.74) is 6.74. The molecule has 94 valence electrons. The number of pyridine rings is 1. The van der Waals surface area contributed by atoms with Gasteiger partial charge in [0.25, 0.3) is 0 Å². The van der Waals surface area contributed by atoms with Gasteiger partial charge in [0, 0.05) is 25.2 Å². The summed E-state index contributed by atoms with van der Waals surface area (Å²) in [6, 6.07) is 6.42. The molecular weight excluding hydrogens is 230 g/mol. The van der Waals surface area contributed by atoms with Crippen molar-refractivity contribution in [3.63, 3.8) is 0 Å². The van der Waals surface area contributed by atoms with Gasteiger partial charge in [-0.15, -0.1) is 0 Å². The Hall–Kier alpha value is -1.00. The van der Waals surface area contributed by atoms with Gasteiger partial charge in [0.1, 0.15) is 0 Å². The van der Waals surface area contributed by atoms with Crippen LogP contribution in [0, 0.1) is 0 Å². The van der Waals surface area contributed by atoms with Crippen LogP contribution in [0.15, 0.2) is 24.4 Å². The Balaban J connectivity index is 2.66. The molecule has 17 heavy (non-hydrogen) atoms. The van der Waals surface area contributed by atoms with Gasteiger partial charge < -0.3 is 5.73 Å². The Bertz CT molecular complexity index is 340. The second-order valence-corrected chi connectivity index (χ2v) is 4.64. The van der Waals surface area contributed by atoms with E-state index in [0.29, 0.717) is 11.0 Å². The Morgan fingerprint density at radius 3 is 2.71 bits per heavy atom. The number of nitrogens with zero attached hydrogens (tertiary/aromatic N) is 2. The number of aromatic nitrogens is 1. The molecular formula is C13H21N3S. The molecule has 1 atom stereocenters. The lowest BCUT2D eigenvalue weighted by molar-refractivity contribution is 0.194. The van der Waals surface area contributed by atoms with E-state index in [0.717, 1.165) is 31.6 Å². The average Bonchev–Trinajstić information content (AvgIpc) is 2.34. The number of nitrogens with two attached hydrogens (primary N) is 1. The van der Waals surface area contributed by atoms with Crippen LogP contribution >= 0.6 is 12.2 Å². The summed E-state index contributed by atoms with van der Waals surface area (Å²) in [4.78, 5) is 7.33. The molecule has 0 saturated heterocycles. The molecule has 0 aliphatic heterocycles. The Morgan fingerprint density at radius 1 is 1.47 bits per heavy atom. The molecule has 0 amide bonds. The molecule has 4 heteroatoms. The maximum atomic E-state index is 5.64. The molecule has 0 aromatic carbocycles. The lowest BCUT2D eigenvalue weighted by Crippen LogP contribution is -2.37. The summed E-state index contributed by atoms with van der Waals surface area (Å²) in [5, 5.41) is 0. The van der Waals surface area contributed by atoms with Gasteiger partial charge in [0.2, 0.25) is 0 Å². The first-order valence-electron chi connectivity index (χ1n) is 6.09. The van der Waals surface area contributed by atoms with Crippen LogP contribution in [0.4, 0.5) is 0 Å². The van der Waals surface area contributed by atoms with Gasteiger partial charge in [-0.1, -0.05) is 32.1 Å². The van der Waals surface area contributed by atoms with Crippen LogP contribution < -0.4 is 5.73 Å². The quantitative estimate of drug-likeness (QED) is 0.755. The zero-order valence-electron chi connectivity index (χ0n) is 10.6. The minimum atomic E-state index is 0.416. The van der Waals surface area contributed by atoms with Crippen molar-refractivity contribution in [2.24, 2.45) is 5.73 Å². The van der Waals surface area contributed by atoms with Crippen molar-refractivity contribution >= 4 is 17.2 Å². The molecule has 2 N–H and O–H groups in total. The van der Waals surface area contributed by atoms with Crippen LogP contribution in [0.5, 0.6) is 0 Å². The second kappa shape index (κ2) is 7.35. The van der Waals surface area contributed by atoms with E-state index in [9.17, 15) is 0 Å². The standard InChI is InChI=1S/C13H21N3S/c1-3-12(9-13(14)17)16(4-2)10-11-7-5-6-8-15-11/h5-8,12H,3-4,9-10H2,1-2H3,(H2,14,17). The van der Waals surface area contributed by atoms with Crippen molar-refractivity contribution in [1.82, 2.24) is 9.88 Å². The van der Waals surface area contributed by atoms with Crippen molar-refractivity contribution < 1.29 is 0 Å². The van der Waals surface area contributed by atoms with Crippen molar-refractivity contribution in [3.8, 4) is 0 Å². The van der Waals surface area contributed by atoms with E-state index in [4.69, 9.17) is 18.0 Å². The molecule has 0 bridgehead atoms. The predicted molar refractivity (Wildman–Crippen MR) is 75.8 cm³/mol. The molecule has 0 radical (unpaired) electrons. The summed E-state index contributed by atoms with van der Waals surface area (Å²) < 4.78 is 0. The van der Waals surface area contributed by atoms with Crippen LogP contribution in [0.25, 0.3) is 0 Å². The monoisotopic (exact) mass is 251 g/mol. The normalized spacial score (nSPS) is 12.6. The van der Waals surface area contributed by atoms with Gasteiger partial charge in [-0.2, -0.15) is 0 Å². The highest BCUT2D eigenvalue weighted by molar-refractivity contribution is 7.80. The van der Waals surface area contributed by atoms with Gasteiger partial charge in [0.05, 0.1) is 10.7 Å². The van der Waals surface area contributed by atoms with Crippen LogP contribution in [0.2, 0.25) is 0 Å². The van der Waals surface area contributed by atoms with E-state index >= 15 is 0 Å². The summed E-state index contributed by atoms with van der Waals surface area (Å²) in [6.07, 6.45) is 3.67. The van der Waals surface area contributed by atoms with E-state index < -0.39 is 0 Å². The Morgan fingerprint density at radius 2 is 2.24 bits per heavy atom. The van der Waals surface area contributed by atoms with Gasteiger partial charge in [0.15, 0.2) is 0 Å². The molecule has 1 rings (SSSR count). The van der Waals surface area contributed by atoms with Crippen LogP contribution in [0.3, 0.4) is 0 Å². The van der Waals surface area contributed by atoms with Crippen molar-refractivity contribution in [2.75, 3.05) is 6.54 Å². The number of thiocarbonyl (C=S) groups is 1. The second-order valence-electron chi connectivity index (χ2n) is 4.12. The van der Waals surface area contributed by atoms with Crippen LogP contribution in [0.1, 0.15) is 32.4 Å². The summed E-state index contributed by atoms with van der Waals surface area (Å²) in [5.74, 6) is 0. The predicted octanol–water partition coefficient (Wildman–Crippen LogP) is 2.36. The van der Waals surface area contributed by atoms with Gasteiger partial charge in [-0.25, -0.2) is 0 Å². The Labute approximate surface area is 109 Å². The molecule has 1 heterocycles. The highest BCUT2D eigenvalue weighted by Gasteiger charge is 2.16. The first-order chi connectivity index (χ1) is 8.17. The SMILES string of the molecule is CCC(CC(N)=S)N(CC)Cc1ccccn1. The van der Waals surface area contributed by atoms with Crippen LogP contribution in [-0.2, 0) is 6.54 Å². The Kier molecular flexibility index (Phi) is 6.08. The van der Waals surface area contributed by atoms with Crippen molar-refractivity contribution in [2.45, 2.75) is 39.3 Å². The van der Waals surface area contributed by atoms with E-state index in [2.05, 4.69) is 29.8 Å². The molecule has 1 unspecified atom stereocenters. The fourth-order valence-electron chi connectivity index (χ4n) is 1.96. The molecule has 0 aliphatic carbocycles. The highest BCUT2D eigenvalue weighted by atomic mass is 32.1. The van der Waals surface area contributed by atoms with E-state index in [1.165, 1.54) is 0 Å². The summed E-state index contributed by atoms with van der Waals surface area (Å²) in [7, 11) is 0. The number of rotatable bonds is 7. The van der Waals surface area contributed by atoms with Gasteiger partial charge in [-0.05, 0) is 25.1 Å². The molecule has 0 aliphatic rings. The molecule has 0 saturated carbocycles. The minimum Gasteiger partial charge on any atom is -0.393 e. The van der Waals surface area contributed by atoms with E-state index in [-0.39, 0.29) is 0 Å². The summed E-state index contributed by atoms with van der Waals surface area (Å²) in [6.45, 7) is 6.17. The molecule has 0 fully saturated rings.